The van der Waals surface area contributed by atoms with Crippen LogP contribution in [0.25, 0.3) is 10.2 Å². The van der Waals surface area contributed by atoms with Gasteiger partial charge in [0.05, 0.1) is 34.3 Å². The van der Waals surface area contributed by atoms with Crippen molar-refractivity contribution in [1.29, 1.82) is 0 Å². The van der Waals surface area contributed by atoms with Gasteiger partial charge in [0.15, 0.2) is 4.80 Å². The first-order valence-electron chi connectivity index (χ1n) is 10.3. The van der Waals surface area contributed by atoms with Crippen LogP contribution in [0.1, 0.15) is 23.2 Å². The number of benzene rings is 1. The number of thiophene rings is 1. The van der Waals surface area contributed by atoms with Crippen LogP contribution in [0.3, 0.4) is 0 Å². The molecule has 0 saturated carbocycles. The first-order valence-corrected chi connectivity index (χ1v) is 13.7. The fourth-order valence-corrected chi connectivity index (χ4v) is 8.08. The second-order valence-corrected chi connectivity index (χ2v) is 12.3. The van der Waals surface area contributed by atoms with Crippen LogP contribution in [-0.2, 0) is 35.6 Å². The predicted molar refractivity (Wildman–Crippen MR) is 130 cm³/mol. The summed E-state index contributed by atoms with van der Waals surface area (Å²) >= 11 is 7.92. The van der Waals surface area contributed by atoms with Gasteiger partial charge in [-0.25, -0.2) is 13.2 Å². The minimum Gasteiger partial charge on any atom is -0.468 e. The number of halogens is 1. The van der Waals surface area contributed by atoms with E-state index in [0.29, 0.717) is 33.0 Å². The quantitative estimate of drug-likeness (QED) is 0.427. The highest BCUT2D eigenvalue weighted by Gasteiger charge is 2.40. The summed E-state index contributed by atoms with van der Waals surface area (Å²) in [5.74, 6) is -1.74. The Hall–Kier alpha value is -2.58. The fraction of sp³-hybridized carbons (Fsp3) is 0.333. The molecule has 3 heterocycles. The number of esters is 2. The molecule has 1 aliphatic rings. The highest BCUT2D eigenvalue weighted by molar-refractivity contribution is 7.91. The Kier molecular flexibility index (Phi) is 7.43. The zero-order chi connectivity index (χ0) is 25.3. The molecule has 10 nitrogen and oxygen atoms in total. The molecule has 1 aromatic carbocycles. The van der Waals surface area contributed by atoms with E-state index in [1.165, 1.54) is 37.0 Å². The van der Waals surface area contributed by atoms with E-state index in [0.717, 1.165) is 27.0 Å². The Morgan fingerprint density at radius 3 is 2.57 bits per heavy atom. The van der Waals surface area contributed by atoms with Gasteiger partial charge in [0.25, 0.3) is 15.9 Å². The van der Waals surface area contributed by atoms with Gasteiger partial charge >= 0.3 is 11.9 Å². The summed E-state index contributed by atoms with van der Waals surface area (Å²) < 4.78 is 39.4. The largest absolute Gasteiger partial charge is 0.468 e. The van der Waals surface area contributed by atoms with Crippen LogP contribution >= 0.6 is 34.3 Å². The third-order valence-electron chi connectivity index (χ3n) is 5.42. The lowest BCUT2D eigenvalue weighted by molar-refractivity contribution is -0.141. The Morgan fingerprint density at radius 2 is 1.91 bits per heavy atom. The Bertz CT molecular complexity index is 1490. The summed E-state index contributed by atoms with van der Waals surface area (Å²) in [6, 6.07) is 6.66. The summed E-state index contributed by atoms with van der Waals surface area (Å²) in [7, 11) is -1.41. The van der Waals surface area contributed by atoms with Gasteiger partial charge in [-0.3, -0.25) is 9.59 Å². The molecule has 1 fully saturated rings. The summed E-state index contributed by atoms with van der Waals surface area (Å²) in [6.07, 6.45) is 0.816. The van der Waals surface area contributed by atoms with Crippen molar-refractivity contribution in [2.75, 3.05) is 20.8 Å². The zero-order valence-corrected chi connectivity index (χ0v) is 21.8. The number of aromatic nitrogens is 1. The van der Waals surface area contributed by atoms with Gasteiger partial charge in [-0.2, -0.15) is 9.30 Å². The Balaban J connectivity index is 1.76. The smallest absolute Gasteiger partial charge is 0.337 e. The first kappa shape index (κ1) is 25.5. The van der Waals surface area contributed by atoms with Crippen molar-refractivity contribution in [2.45, 2.75) is 29.6 Å². The molecule has 0 aliphatic carbocycles. The van der Waals surface area contributed by atoms with Crippen LogP contribution in [0.5, 0.6) is 0 Å². The van der Waals surface area contributed by atoms with Gasteiger partial charge in [0.1, 0.15) is 16.8 Å². The molecule has 35 heavy (non-hydrogen) atoms. The lowest BCUT2D eigenvalue weighted by atomic mass is 10.2. The Morgan fingerprint density at radius 1 is 1.14 bits per heavy atom. The molecule has 1 aliphatic heterocycles. The minimum absolute atomic E-state index is 0.0557. The van der Waals surface area contributed by atoms with E-state index in [1.54, 1.807) is 12.1 Å². The second-order valence-electron chi connectivity index (χ2n) is 7.50. The highest BCUT2D eigenvalue weighted by atomic mass is 35.5. The van der Waals surface area contributed by atoms with Crippen molar-refractivity contribution in [3.8, 4) is 0 Å². The number of carbonyl (C=O) groups is 3. The lowest BCUT2D eigenvalue weighted by Gasteiger charge is -2.20. The number of rotatable bonds is 6. The number of methoxy groups -OCH3 is 2. The molecule has 0 spiro atoms. The normalized spacial score (nSPS) is 17.1. The summed E-state index contributed by atoms with van der Waals surface area (Å²) in [5, 5.41) is 0. The number of nitrogens with zero attached hydrogens (tertiary/aromatic N) is 3. The van der Waals surface area contributed by atoms with Gasteiger partial charge in [-0.05, 0) is 43.2 Å². The molecule has 1 amide bonds. The molecule has 186 valence electrons. The molecule has 1 atom stereocenters. The number of amides is 1. The second kappa shape index (κ2) is 10.2. The van der Waals surface area contributed by atoms with Crippen LogP contribution in [0.4, 0.5) is 0 Å². The maximum Gasteiger partial charge on any atom is 0.337 e. The predicted octanol–water partition coefficient (Wildman–Crippen LogP) is 2.66. The van der Waals surface area contributed by atoms with E-state index in [-0.39, 0.29) is 22.1 Å². The van der Waals surface area contributed by atoms with E-state index in [1.807, 2.05) is 0 Å². The van der Waals surface area contributed by atoms with Gasteiger partial charge in [0.2, 0.25) is 0 Å². The van der Waals surface area contributed by atoms with E-state index >= 15 is 0 Å². The summed E-state index contributed by atoms with van der Waals surface area (Å²) in [5.41, 5.74) is 0.857. The van der Waals surface area contributed by atoms with Gasteiger partial charge < -0.3 is 14.0 Å². The summed E-state index contributed by atoms with van der Waals surface area (Å²) in [6.45, 7) is -0.0403. The SMILES string of the molecule is COC(=O)Cn1c(=NC(=O)C2CCCN2S(=O)(=O)c2ccc(Cl)s2)sc2cc(C(=O)OC)ccc21. The zero-order valence-electron chi connectivity index (χ0n) is 18.6. The molecule has 0 N–H and O–H groups in total. The lowest BCUT2D eigenvalue weighted by Crippen LogP contribution is -2.40. The number of fused-ring (bicyclic) bond motifs is 1. The third-order valence-corrected chi connectivity index (χ3v) is 10.1. The van der Waals surface area contributed by atoms with Crippen molar-refractivity contribution < 1.29 is 32.3 Å². The van der Waals surface area contributed by atoms with E-state index in [9.17, 15) is 22.8 Å². The highest BCUT2D eigenvalue weighted by Crippen LogP contribution is 2.32. The minimum atomic E-state index is -3.92. The maximum atomic E-state index is 13.2. The van der Waals surface area contributed by atoms with Crippen molar-refractivity contribution in [3.63, 3.8) is 0 Å². The number of carbonyl (C=O) groups excluding carboxylic acids is 3. The molecule has 14 heteroatoms. The average Bonchev–Trinajstić information content (AvgIpc) is 3.57. The van der Waals surface area contributed by atoms with E-state index < -0.39 is 33.9 Å². The molecule has 2 aromatic heterocycles. The topological polar surface area (TPSA) is 124 Å². The van der Waals surface area contributed by atoms with E-state index in [4.69, 9.17) is 21.1 Å². The Labute approximate surface area is 213 Å². The van der Waals surface area contributed by atoms with Crippen LogP contribution in [0.2, 0.25) is 4.34 Å². The molecule has 4 rings (SSSR count). The monoisotopic (exact) mass is 557 g/mol. The van der Waals surface area contributed by atoms with Crippen molar-refractivity contribution in [2.24, 2.45) is 4.99 Å². The van der Waals surface area contributed by atoms with Gasteiger partial charge in [0, 0.05) is 6.54 Å². The molecule has 1 saturated heterocycles. The first-order chi connectivity index (χ1) is 16.6. The van der Waals surface area contributed by atoms with Crippen LogP contribution in [-0.4, -0.2) is 61.9 Å². The van der Waals surface area contributed by atoms with Crippen molar-refractivity contribution >= 4 is 72.4 Å². The molecule has 0 bridgehead atoms. The molecule has 3 aromatic rings. The van der Waals surface area contributed by atoms with Crippen molar-refractivity contribution in [3.05, 3.63) is 45.0 Å². The number of hydrogen-bond acceptors (Lipinski definition) is 9. The van der Waals surface area contributed by atoms with Gasteiger partial charge in [-0.1, -0.05) is 22.9 Å². The standard InChI is InChI=1S/C21H20ClN3O7S3/c1-31-17(26)11-24-13-6-5-12(20(28)32-2)10-15(13)33-21(24)23-19(27)14-4-3-9-25(14)35(29,30)18-8-7-16(22)34-18/h5-8,10,14H,3-4,9,11H2,1-2H3. The summed E-state index contributed by atoms with van der Waals surface area (Å²) in [4.78, 5) is 41.6. The van der Waals surface area contributed by atoms with E-state index in [2.05, 4.69) is 4.99 Å². The molecular weight excluding hydrogens is 538 g/mol. The number of thiazole rings is 1. The molecule has 1 unspecified atom stereocenters. The van der Waals surface area contributed by atoms with Crippen LogP contribution in [0, 0.1) is 0 Å². The average molecular weight is 558 g/mol. The number of hydrogen-bond donors (Lipinski definition) is 0. The number of ether oxygens (including phenoxy) is 2. The molecule has 0 radical (unpaired) electrons. The number of sulfonamides is 1. The van der Waals surface area contributed by atoms with Crippen LogP contribution < -0.4 is 4.80 Å². The third kappa shape index (κ3) is 5.05. The van der Waals surface area contributed by atoms with Gasteiger partial charge in [-0.15, -0.1) is 11.3 Å². The maximum absolute atomic E-state index is 13.2. The fourth-order valence-electron chi connectivity index (χ4n) is 3.75. The molecular formula is C21H20ClN3O7S3. The van der Waals surface area contributed by atoms with Crippen LogP contribution in [0.15, 0.2) is 39.5 Å². The van der Waals surface area contributed by atoms with Crippen molar-refractivity contribution in [1.82, 2.24) is 8.87 Å².